The number of pyridine rings is 1. The van der Waals surface area contributed by atoms with Crippen LogP contribution in [0.5, 0.6) is 0 Å². The molecule has 1 aliphatic rings. The van der Waals surface area contributed by atoms with E-state index in [-0.39, 0.29) is 6.61 Å². The lowest BCUT2D eigenvalue weighted by Gasteiger charge is -2.28. The molecule has 4 rings (SSSR count). The Morgan fingerprint density at radius 3 is 2.71 bits per heavy atom. The minimum absolute atomic E-state index is 0.0450. The quantitative estimate of drug-likeness (QED) is 0.748. The molecule has 3 aromatic rings. The molecule has 0 aromatic carbocycles. The van der Waals surface area contributed by atoms with E-state index >= 15 is 0 Å². The third-order valence-corrected chi connectivity index (χ3v) is 4.44. The van der Waals surface area contributed by atoms with E-state index in [2.05, 4.69) is 25.2 Å². The number of fused-ring (bicyclic) bond motifs is 1. The molecule has 0 aliphatic carbocycles. The molecule has 0 saturated carbocycles. The van der Waals surface area contributed by atoms with Crippen LogP contribution >= 0.6 is 0 Å². The highest BCUT2D eigenvalue weighted by Gasteiger charge is 2.13. The Balaban J connectivity index is 1.66. The van der Waals surface area contributed by atoms with Crippen molar-refractivity contribution in [3.05, 3.63) is 42.1 Å². The van der Waals surface area contributed by atoms with Crippen LogP contribution in [0.4, 0.5) is 5.82 Å². The number of hydrogen-bond donors (Lipinski definition) is 2. The molecule has 1 aliphatic heterocycles. The molecular weight excluding hydrogens is 304 g/mol. The van der Waals surface area contributed by atoms with Crippen molar-refractivity contribution >= 4 is 11.5 Å². The summed E-state index contributed by atoms with van der Waals surface area (Å²) in [7, 11) is 0. The Morgan fingerprint density at radius 2 is 2.00 bits per heavy atom. The SMILES string of the molecule is Cc1nc2cnc(-c3ccc(N4CCNCC4)nc3)cn2c1CO. The number of aliphatic hydroxyl groups excluding tert-OH is 1. The predicted molar refractivity (Wildman–Crippen MR) is 92.0 cm³/mol. The summed E-state index contributed by atoms with van der Waals surface area (Å²) >= 11 is 0. The van der Waals surface area contributed by atoms with Gasteiger partial charge in [-0.15, -0.1) is 0 Å². The Hall–Kier alpha value is -2.51. The highest BCUT2D eigenvalue weighted by molar-refractivity contribution is 5.61. The van der Waals surface area contributed by atoms with Crippen LogP contribution in [0.1, 0.15) is 11.4 Å². The summed E-state index contributed by atoms with van der Waals surface area (Å²) in [5.74, 6) is 0.996. The van der Waals surface area contributed by atoms with E-state index in [1.54, 1.807) is 6.20 Å². The molecule has 0 unspecified atom stereocenters. The molecule has 7 nitrogen and oxygen atoms in total. The summed E-state index contributed by atoms with van der Waals surface area (Å²) in [5, 5.41) is 12.9. The Kier molecular flexibility index (Phi) is 3.87. The van der Waals surface area contributed by atoms with Gasteiger partial charge in [0.2, 0.25) is 0 Å². The molecule has 2 N–H and O–H groups in total. The van der Waals surface area contributed by atoms with Crippen molar-refractivity contribution in [1.29, 1.82) is 0 Å². The lowest BCUT2D eigenvalue weighted by atomic mass is 10.2. The fraction of sp³-hybridized carbons (Fsp3) is 0.353. The molecule has 0 spiro atoms. The fourth-order valence-electron chi connectivity index (χ4n) is 3.08. The Morgan fingerprint density at radius 1 is 1.17 bits per heavy atom. The van der Waals surface area contributed by atoms with Gasteiger partial charge in [0.1, 0.15) is 5.82 Å². The molecule has 0 amide bonds. The van der Waals surface area contributed by atoms with Crippen LogP contribution < -0.4 is 10.2 Å². The zero-order valence-corrected chi connectivity index (χ0v) is 13.6. The minimum atomic E-state index is -0.0450. The number of anilines is 1. The molecule has 3 aromatic heterocycles. The molecular formula is C17H20N6O. The lowest BCUT2D eigenvalue weighted by molar-refractivity contribution is 0.275. The molecule has 7 heteroatoms. The van der Waals surface area contributed by atoms with Gasteiger partial charge in [-0.25, -0.2) is 9.97 Å². The van der Waals surface area contributed by atoms with E-state index in [9.17, 15) is 5.11 Å². The van der Waals surface area contributed by atoms with Crippen molar-refractivity contribution < 1.29 is 5.11 Å². The van der Waals surface area contributed by atoms with E-state index in [0.29, 0.717) is 0 Å². The lowest BCUT2D eigenvalue weighted by Crippen LogP contribution is -2.43. The van der Waals surface area contributed by atoms with Gasteiger partial charge in [0.15, 0.2) is 5.65 Å². The zero-order valence-electron chi connectivity index (χ0n) is 13.6. The van der Waals surface area contributed by atoms with Crippen molar-refractivity contribution in [3.8, 4) is 11.3 Å². The summed E-state index contributed by atoms with van der Waals surface area (Å²) in [5.41, 5.74) is 4.12. The topological polar surface area (TPSA) is 78.6 Å². The average Bonchev–Trinajstić information content (AvgIpc) is 2.96. The zero-order chi connectivity index (χ0) is 16.5. The van der Waals surface area contributed by atoms with Gasteiger partial charge in [0.05, 0.1) is 29.9 Å². The number of aromatic nitrogens is 4. The number of imidazole rings is 1. The summed E-state index contributed by atoms with van der Waals surface area (Å²) in [6.45, 7) is 5.78. The van der Waals surface area contributed by atoms with Crippen molar-refractivity contribution in [1.82, 2.24) is 24.7 Å². The van der Waals surface area contributed by atoms with Crippen LogP contribution in [0.3, 0.4) is 0 Å². The number of aryl methyl sites for hydroxylation is 1. The first-order valence-corrected chi connectivity index (χ1v) is 8.13. The number of hydrogen-bond acceptors (Lipinski definition) is 6. The van der Waals surface area contributed by atoms with E-state index in [1.807, 2.05) is 35.9 Å². The maximum atomic E-state index is 9.54. The first kappa shape index (κ1) is 15.0. The van der Waals surface area contributed by atoms with E-state index < -0.39 is 0 Å². The molecule has 1 saturated heterocycles. The predicted octanol–water partition coefficient (Wildman–Crippen LogP) is 1.00. The van der Waals surface area contributed by atoms with Crippen LogP contribution in [0.15, 0.2) is 30.7 Å². The smallest absolute Gasteiger partial charge is 0.155 e. The second-order valence-corrected chi connectivity index (χ2v) is 5.94. The van der Waals surface area contributed by atoms with Gasteiger partial charge < -0.3 is 15.3 Å². The van der Waals surface area contributed by atoms with E-state index in [1.165, 1.54) is 0 Å². The molecule has 24 heavy (non-hydrogen) atoms. The number of nitrogens with zero attached hydrogens (tertiary/aromatic N) is 5. The summed E-state index contributed by atoms with van der Waals surface area (Å²) in [4.78, 5) is 15.8. The average molecular weight is 324 g/mol. The van der Waals surface area contributed by atoms with Gasteiger partial charge >= 0.3 is 0 Å². The molecule has 4 heterocycles. The molecule has 0 bridgehead atoms. The molecule has 0 radical (unpaired) electrons. The largest absolute Gasteiger partial charge is 0.390 e. The maximum Gasteiger partial charge on any atom is 0.155 e. The van der Waals surface area contributed by atoms with Crippen LogP contribution in [0, 0.1) is 6.92 Å². The van der Waals surface area contributed by atoms with Crippen molar-refractivity contribution in [2.75, 3.05) is 31.1 Å². The number of rotatable bonds is 3. The van der Waals surface area contributed by atoms with Crippen molar-refractivity contribution in [3.63, 3.8) is 0 Å². The van der Waals surface area contributed by atoms with Crippen LogP contribution in [-0.4, -0.2) is 50.6 Å². The maximum absolute atomic E-state index is 9.54. The van der Waals surface area contributed by atoms with E-state index in [0.717, 1.165) is 60.3 Å². The Bertz CT molecular complexity index is 851. The number of aliphatic hydroxyl groups is 1. The van der Waals surface area contributed by atoms with Gasteiger partial charge in [0.25, 0.3) is 0 Å². The highest BCUT2D eigenvalue weighted by atomic mass is 16.3. The summed E-state index contributed by atoms with van der Waals surface area (Å²) in [6.07, 6.45) is 5.49. The van der Waals surface area contributed by atoms with Gasteiger partial charge in [-0.05, 0) is 19.1 Å². The molecule has 124 valence electrons. The van der Waals surface area contributed by atoms with E-state index in [4.69, 9.17) is 0 Å². The normalized spacial score (nSPS) is 15.2. The second-order valence-electron chi connectivity index (χ2n) is 5.94. The third kappa shape index (κ3) is 2.61. The minimum Gasteiger partial charge on any atom is -0.390 e. The van der Waals surface area contributed by atoms with Gasteiger partial charge in [-0.1, -0.05) is 0 Å². The monoisotopic (exact) mass is 324 g/mol. The number of nitrogens with one attached hydrogen (secondary N) is 1. The number of piperazine rings is 1. The first-order chi connectivity index (χ1) is 11.8. The summed E-state index contributed by atoms with van der Waals surface area (Å²) < 4.78 is 1.89. The van der Waals surface area contributed by atoms with Crippen LogP contribution in [0.2, 0.25) is 0 Å². The van der Waals surface area contributed by atoms with Crippen LogP contribution in [-0.2, 0) is 6.61 Å². The first-order valence-electron chi connectivity index (χ1n) is 8.13. The third-order valence-electron chi connectivity index (χ3n) is 4.44. The second kappa shape index (κ2) is 6.18. The highest BCUT2D eigenvalue weighted by Crippen LogP contribution is 2.21. The fourth-order valence-corrected chi connectivity index (χ4v) is 3.08. The summed E-state index contributed by atoms with van der Waals surface area (Å²) in [6, 6.07) is 4.08. The Labute approximate surface area is 140 Å². The van der Waals surface area contributed by atoms with Gasteiger partial charge in [-0.2, -0.15) is 0 Å². The van der Waals surface area contributed by atoms with Gasteiger partial charge in [-0.3, -0.25) is 9.38 Å². The van der Waals surface area contributed by atoms with Crippen molar-refractivity contribution in [2.45, 2.75) is 13.5 Å². The molecule has 1 fully saturated rings. The standard InChI is InChI=1S/C17H20N6O/c1-12-15(11-24)23-10-14(19-9-17(23)21-12)13-2-3-16(20-8-13)22-6-4-18-5-7-22/h2-3,8-10,18,24H,4-7,11H2,1H3. The molecule has 0 atom stereocenters. The van der Waals surface area contributed by atoms with Gasteiger partial charge in [0, 0.05) is 44.1 Å². The van der Waals surface area contributed by atoms with Crippen molar-refractivity contribution in [2.24, 2.45) is 0 Å². The van der Waals surface area contributed by atoms with Crippen LogP contribution in [0.25, 0.3) is 16.9 Å².